The number of fused-ring (bicyclic) bond motifs is 1. The molecule has 0 bridgehead atoms. The second kappa shape index (κ2) is 7.60. The molecular formula is C21H18N4O4S. The van der Waals surface area contributed by atoms with Crippen LogP contribution in [-0.4, -0.2) is 35.7 Å². The molecule has 0 radical (unpaired) electrons. The molecule has 2 heterocycles. The summed E-state index contributed by atoms with van der Waals surface area (Å²) >= 11 is 0. The van der Waals surface area contributed by atoms with Gasteiger partial charge in [0.2, 0.25) is 5.78 Å². The Bertz CT molecular complexity index is 1310. The second-order valence-electron chi connectivity index (χ2n) is 6.55. The van der Waals surface area contributed by atoms with E-state index in [2.05, 4.69) is 14.7 Å². The number of benzene rings is 2. The highest BCUT2D eigenvalue weighted by atomic mass is 32.2. The van der Waals surface area contributed by atoms with Crippen LogP contribution in [0.25, 0.3) is 17.0 Å². The maximum atomic E-state index is 12.9. The molecule has 2 aromatic heterocycles. The number of rotatable bonds is 6. The van der Waals surface area contributed by atoms with Crippen molar-refractivity contribution in [2.45, 2.75) is 11.8 Å². The van der Waals surface area contributed by atoms with Crippen LogP contribution < -0.4 is 9.46 Å². The fourth-order valence-electron chi connectivity index (χ4n) is 2.99. The van der Waals surface area contributed by atoms with Gasteiger partial charge in [-0.25, -0.2) is 18.4 Å². The van der Waals surface area contributed by atoms with E-state index in [9.17, 15) is 13.2 Å². The van der Waals surface area contributed by atoms with Crippen LogP contribution in [-0.2, 0) is 10.0 Å². The first-order valence-corrected chi connectivity index (χ1v) is 10.5. The third-order valence-corrected chi connectivity index (χ3v) is 5.93. The van der Waals surface area contributed by atoms with Crippen LogP contribution >= 0.6 is 0 Å². The Morgan fingerprint density at radius 3 is 2.57 bits per heavy atom. The molecule has 0 spiro atoms. The first kappa shape index (κ1) is 19.6. The fourth-order valence-corrected chi connectivity index (χ4v) is 4.05. The van der Waals surface area contributed by atoms with Crippen molar-refractivity contribution in [2.24, 2.45) is 0 Å². The number of ether oxygens (including phenoxy) is 1. The van der Waals surface area contributed by atoms with Gasteiger partial charge in [0.05, 0.1) is 23.4 Å². The van der Waals surface area contributed by atoms with E-state index in [1.807, 2.05) is 12.4 Å². The van der Waals surface area contributed by atoms with Crippen molar-refractivity contribution >= 4 is 27.3 Å². The number of aromatic nitrogens is 3. The number of hydrogen-bond acceptors (Lipinski definition) is 6. The molecule has 0 saturated heterocycles. The molecule has 8 nitrogen and oxygen atoms in total. The molecule has 9 heteroatoms. The van der Waals surface area contributed by atoms with Crippen LogP contribution in [0.3, 0.4) is 0 Å². The predicted molar refractivity (Wildman–Crippen MR) is 112 cm³/mol. The standard InChI is InChI=1S/C21H18N4O4S/c1-14(26)15-4-7-17(8-5-15)30(27,28)24-18-12-16(6-9-20(18)29-2)19-13-25-11-3-10-22-21(25)23-19/h3-13,24H,1-2H3. The summed E-state index contributed by atoms with van der Waals surface area (Å²) in [5, 5.41) is 0. The van der Waals surface area contributed by atoms with E-state index in [0.29, 0.717) is 28.3 Å². The number of sulfonamides is 1. The number of nitrogens with zero attached hydrogens (tertiary/aromatic N) is 3. The zero-order chi connectivity index (χ0) is 21.3. The van der Waals surface area contributed by atoms with Crippen molar-refractivity contribution in [1.82, 2.24) is 14.4 Å². The molecule has 0 unspecified atom stereocenters. The Balaban J connectivity index is 1.70. The van der Waals surface area contributed by atoms with E-state index in [1.54, 1.807) is 34.9 Å². The highest BCUT2D eigenvalue weighted by Gasteiger charge is 2.18. The molecule has 4 aromatic rings. The third-order valence-electron chi connectivity index (χ3n) is 4.55. The van der Waals surface area contributed by atoms with Crippen LogP contribution in [0.15, 0.2) is 72.0 Å². The molecule has 0 saturated carbocycles. The fraction of sp³-hybridized carbons (Fsp3) is 0.0952. The maximum absolute atomic E-state index is 12.9. The van der Waals surface area contributed by atoms with Crippen molar-refractivity contribution in [1.29, 1.82) is 0 Å². The summed E-state index contributed by atoms with van der Waals surface area (Å²) in [6.07, 6.45) is 5.29. The predicted octanol–water partition coefficient (Wildman–Crippen LogP) is 3.41. The Hall–Kier alpha value is -3.72. The summed E-state index contributed by atoms with van der Waals surface area (Å²) in [6, 6.07) is 12.7. The van der Waals surface area contributed by atoms with E-state index in [0.717, 1.165) is 0 Å². The molecule has 2 aromatic carbocycles. The lowest BCUT2D eigenvalue weighted by Gasteiger charge is -2.13. The lowest BCUT2D eigenvalue weighted by Crippen LogP contribution is -2.14. The van der Waals surface area contributed by atoms with Crippen LogP contribution in [0.5, 0.6) is 5.75 Å². The zero-order valence-electron chi connectivity index (χ0n) is 16.2. The average Bonchev–Trinajstić information content (AvgIpc) is 3.18. The lowest BCUT2D eigenvalue weighted by molar-refractivity contribution is 0.101. The van der Waals surface area contributed by atoms with E-state index < -0.39 is 10.0 Å². The minimum atomic E-state index is -3.89. The molecule has 0 amide bonds. The lowest BCUT2D eigenvalue weighted by atomic mass is 10.1. The number of nitrogens with one attached hydrogen (secondary N) is 1. The largest absolute Gasteiger partial charge is 0.495 e. The monoisotopic (exact) mass is 422 g/mol. The molecule has 4 rings (SSSR count). The first-order valence-electron chi connectivity index (χ1n) is 8.99. The number of imidazole rings is 1. The van der Waals surface area contributed by atoms with Gasteiger partial charge in [-0.3, -0.25) is 13.9 Å². The summed E-state index contributed by atoms with van der Waals surface area (Å²) in [5.41, 5.74) is 2.05. The van der Waals surface area contributed by atoms with Crippen LogP contribution in [0.2, 0.25) is 0 Å². The Labute approximate surface area is 173 Å². The molecular weight excluding hydrogens is 404 g/mol. The normalized spacial score (nSPS) is 11.4. The minimum Gasteiger partial charge on any atom is -0.495 e. The highest BCUT2D eigenvalue weighted by Crippen LogP contribution is 2.32. The summed E-state index contributed by atoms with van der Waals surface area (Å²) in [6.45, 7) is 1.42. The molecule has 1 N–H and O–H groups in total. The zero-order valence-corrected chi connectivity index (χ0v) is 17.1. The van der Waals surface area contributed by atoms with Crippen molar-refractivity contribution in [3.8, 4) is 17.0 Å². The van der Waals surface area contributed by atoms with E-state index >= 15 is 0 Å². The summed E-state index contributed by atoms with van der Waals surface area (Å²) in [7, 11) is -2.43. The first-order chi connectivity index (χ1) is 14.4. The highest BCUT2D eigenvalue weighted by molar-refractivity contribution is 7.92. The van der Waals surface area contributed by atoms with Crippen LogP contribution in [0.4, 0.5) is 5.69 Å². The number of methoxy groups -OCH3 is 1. The molecule has 0 aliphatic carbocycles. The number of anilines is 1. The summed E-state index contributed by atoms with van der Waals surface area (Å²) in [5.74, 6) is 0.767. The third kappa shape index (κ3) is 3.74. The van der Waals surface area contributed by atoms with Crippen molar-refractivity contribution in [3.05, 3.63) is 72.7 Å². The molecule has 0 aliphatic heterocycles. The van der Waals surface area contributed by atoms with Crippen LogP contribution in [0.1, 0.15) is 17.3 Å². The summed E-state index contributed by atoms with van der Waals surface area (Å²) in [4.78, 5) is 20.1. The average molecular weight is 422 g/mol. The van der Waals surface area contributed by atoms with Gasteiger partial charge in [0.15, 0.2) is 5.78 Å². The SMILES string of the molecule is COc1ccc(-c2cn3cccnc3n2)cc1NS(=O)(=O)c1ccc(C(C)=O)cc1. The van der Waals surface area contributed by atoms with Gasteiger partial charge in [0.1, 0.15) is 5.75 Å². The van der Waals surface area contributed by atoms with Gasteiger partial charge in [0.25, 0.3) is 10.0 Å². The minimum absolute atomic E-state index is 0.0388. The van der Waals surface area contributed by atoms with Gasteiger partial charge in [-0.1, -0.05) is 12.1 Å². The maximum Gasteiger partial charge on any atom is 0.262 e. The molecule has 0 aliphatic rings. The molecule has 0 atom stereocenters. The smallest absolute Gasteiger partial charge is 0.262 e. The molecule has 152 valence electrons. The molecule has 0 fully saturated rings. The van der Waals surface area contributed by atoms with E-state index in [1.165, 1.54) is 38.3 Å². The van der Waals surface area contributed by atoms with Gasteiger partial charge in [-0.2, -0.15) is 0 Å². The van der Waals surface area contributed by atoms with Crippen molar-refractivity contribution in [3.63, 3.8) is 0 Å². The number of hydrogen-bond donors (Lipinski definition) is 1. The topological polar surface area (TPSA) is 103 Å². The Morgan fingerprint density at radius 1 is 1.13 bits per heavy atom. The number of carbonyl (C=O) groups is 1. The number of Topliss-reactive ketones (excluding diaryl/α,β-unsaturated/α-hetero) is 1. The van der Waals surface area contributed by atoms with Crippen molar-refractivity contribution in [2.75, 3.05) is 11.8 Å². The van der Waals surface area contributed by atoms with Crippen molar-refractivity contribution < 1.29 is 17.9 Å². The van der Waals surface area contributed by atoms with E-state index in [-0.39, 0.29) is 16.4 Å². The Kier molecular flexibility index (Phi) is 4.96. The summed E-state index contributed by atoms with van der Waals surface area (Å²) < 4.78 is 35.4. The van der Waals surface area contributed by atoms with Gasteiger partial charge in [0, 0.05) is 29.7 Å². The quantitative estimate of drug-likeness (QED) is 0.478. The second-order valence-corrected chi connectivity index (χ2v) is 8.24. The van der Waals surface area contributed by atoms with Gasteiger partial charge < -0.3 is 4.74 Å². The van der Waals surface area contributed by atoms with Gasteiger partial charge in [-0.05, 0) is 43.3 Å². The Morgan fingerprint density at radius 2 is 1.90 bits per heavy atom. The number of ketones is 1. The van der Waals surface area contributed by atoms with Gasteiger partial charge >= 0.3 is 0 Å². The van der Waals surface area contributed by atoms with Crippen LogP contribution in [0, 0.1) is 0 Å². The molecule has 30 heavy (non-hydrogen) atoms. The van der Waals surface area contributed by atoms with E-state index in [4.69, 9.17) is 4.74 Å². The number of carbonyl (C=O) groups excluding carboxylic acids is 1. The van der Waals surface area contributed by atoms with Gasteiger partial charge in [-0.15, -0.1) is 0 Å².